The Morgan fingerprint density at radius 1 is 1.75 bits per heavy atom. The molecule has 0 aliphatic heterocycles. The molecule has 0 heterocycles. The maximum Gasteiger partial charge on any atom is 0.0446 e. The molecule has 0 amide bonds. The van der Waals surface area contributed by atoms with Crippen LogP contribution in [-0.2, 0) is 0 Å². The lowest BCUT2D eigenvalue weighted by atomic mass is 10.3. The van der Waals surface area contributed by atoms with Crippen LogP contribution in [0.3, 0.4) is 0 Å². The summed E-state index contributed by atoms with van der Waals surface area (Å²) in [7, 11) is 0. The van der Waals surface area contributed by atoms with Gasteiger partial charge in [0.1, 0.15) is 0 Å². The Labute approximate surface area is 54.5 Å². The summed E-state index contributed by atoms with van der Waals surface area (Å²) in [6.45, 7) is 0.210. The molecule has 0 bridgehead atoms. The van der Waals surface area contributed by atoms with Crippen molar-refractivity contribution < 1.29 is 5.11 Å². The van der Waals surface area contributed by atoms with Gasteiger partial charge in [-0.3, -0.25) is 0 Å². The zero-order valence-corrected chi connectivity index (χ0v) is 5.95. The Kier molecular flexibility index (Phi) is 5.59. The third-order valence-electron chi connectivity index (χ3n) is 0.881. The highest BCUT2D eigenvalue weighted by Gasteiger charge is 1.97. The van der Waals surface area contributed by atoms with Gasteiger partial charge in [0.25, 0.3) is 0 Å². The van der Waals surface area contributed by atoms with Crippen LogP contribution in [0.5, 0.6) is 0 Å². The van der Waals surface area contributed by atoms with Gasteiger partial charge in [0.05, 0.1) is 0 Å². The lowest BCUT2D eigenvalue weighted by Gasteiger charge is -2.05. The standard InChI is InChI=1S/C5H13NOS/c1-8-4-5(6)2-3-7/h5,7H,2-4,6H2,1H3/t5-/m0/s1. The SMILES string of the molecule is CSC[C@@H](N)CCO. The molecular weight excluding hydrogens is 122 g/mol. The van der Waals surface area contributed by atoms with E-state index in [1.54, 1.807) is 11.8 Å². The smallest absolute Gasteiger partial charge is 0.0446 e. The highest BCUT2D eigenvalue weighted by molar-refractivity contribution is 7.98. The molecule has 3 heteroatoms. The molecule has 3 N–H and O–H groups in total. The van der Waals surface area contributed by atoms with Gasteiger partial charge < -0.3 is 10.8 Å². The average Bonchev–Trinajstić information content (AvgIpc) is 1.68. The van der Waals surface area contributed by atoms with E-state index in [0.717, 1.165) is 12.2 Å². The number of nitrogens with two attached hydrogens (primary N) is 1. The van der Waals surface area contributed by atoms with Crippen molar-refractivity contribution in [2.24, 2.45) is 5.73 Å². The molecule has 0 saturated carbocycles. The maximum atomic E-state index is 8.37. The number of hydrogen-bond donors (Lipinski definition) is 2. The largest absolute Gasteiger partial charge is 0.396 e. The maximum absolute atomic E-state index is 8.37. The van der Waals surface area contributed by atoms with Gasteiger partial charge in [0.2, 0.25) is 0 Å². The first-order valence-electron chi connectivity index (χ1n) is 2.66. The monoisotopic (exact) mass is 135 g/mol. The summed E-state index contributed by atoms with van der Waals surface area (Å²) in [5.74, 6) is 0.945. The Balaban J connectivity index is 2.92. The van der Waals surface area contributed by atoms with E-state index in [0.29, 0.717) is 0 Å². The molecule has 0 saturated heterocycles. The van der Waals surface area contributed by atoms with Crippen molar-refractivity contribution in [3.8, 4) is 0 Å². The Hall–Kier alpha value is 0.270. The molecule has 0 aromatic heterocycles. The fraction of sp³-hybridized carbons (Fsp3) is 1.00. The molecule has 50 valence electrons. The van der Waals surface area contributed by atoms with Gasteiger partial charge in [0, 0.05) is 18.4 Å². The molecule has 0 rings (SSSR count). The second-order valence-electron chi connectivity index (χ2n) is 1.73. The fourth-order valence-electron chi connectivity index (χ4n) is 0.463. The van der Waals surface area contributed by atoms with E-state index >= 15 is 0 Å². The third kappa shape index (κ3) is 4.43. The quantitative estimate of drug-likeness (QED) is 0.573. The van der Waals surface area contributed by atoms with Crippen LogP contribution in [0, 0.1) is 0 Å². The first-order chi connectivity index (χ1) is 3.81. The number of thioether (sulfide) groups is 1. The van der Waals surface area contributed by atoms with Gasteiger partial charge in [-0.25, -0.2) is 0 Å². The second-order valence-corrected chi connectivity index (χ2v) is 2.64. The molecular formula is C5H13NOS. The Morgan fingerprint density at radius 3 is 2.75 bits per heavy atom. The summed E-state index contributed by atoms with van der Waals surface area (Å²) in [6, 6.07) is 0.176. The normalized spacial score (nSPS) is 13.9. The van der Waals surface area contributed by atoms with Crippen LogP contribution < -0.4 is 5.73 Å². The van der Waals surface area contributed by atoms with E-state index in [4.69, 9.17) is 10.8 Å². The zero-order chi connectivity index (χ0) is 6.41. The van der Waals surface area contributed by atoms with E-state index in [1.165, 1.54) is 0 Å². The van der Waals surface area contributed by atoms with Gasteiger partial charge in [-0.15, -0.1) is 0 Å². The third-order valence-corrected chi connectivity index (χ3v) is 1.64. The summed E-state index contributed by atoms with van der Waals surface area (Å²) in [6.07, 6.45) is 2.73. The fourth-order valence-corrected chi connectivity index (χ4v) is 1.06. The highest BCUT2D eigenvalue weighted by atomic mass is 32.2. The average molecular weight is 135 g/mol. The summed E-state index contributed by atoms with van der Waals surface area (Å²) in [5, 5.41) is 8.37. The van der Waals surface area contributed by atoms with Gasteiger partial charge >= 0.3 is 0 Å². The first-order valence-corrected chi connectivity index (χ1v) is 4.06. The number of aliphatic hydroxyl groups is 1. The number of rotatable bonds is 4. The van der Waals surface area contributed by atoms with Gasteiger partial charge in [-0.1, -0.05) is 0 Å². The molecule has 1 atom stereocenters. The summed E-state index contributed by atoms with van der Waals surface area (Å²) in [5.41, 5.74) is 5.51. The predicted octanol–water partition coefficient (Wildman–Crippen LogP) is 0.0591. The van der Waals surface area contributed by atoms with Crippen molar-refractivity contribution in [2.75, 3.05) is 18.6 Å². The van der Waals surface area contributed by atoms with E-state index in [1.807, 2.05) is 6.26 Å². The van der Waals surface area contributed by atoms with Crippen molar-refractivity contribution in [3.63, 3.8) is 0 Å². The van der Waals surface area contributed by atoms with Crippen LogP contribution in [0.2, 0.25) is 0 Å². The van der Waals surface area contributed by atoms with Crippen LogP contribution in [0.1, 0.15) is 6.42 Å². The van der Waals surface area contributed by atoms with Gasteiger partial charge in [-0.2, -0.15) is 11.8 Å². The molecule has 8 heavy (non-hydrogen) atoms. The van der Waals surface area contributed by atoms with Crippen molar-refractivity contribution in [3.05, 3.63) is 0 Å². The highest BCUT2D eigenvalue weighted by Crippen LogP contribution is 1.96. The van der Waals surface area contributed by atoms with Crippen LogP contribution in [0.4, 0.5) is 0 Å². The van der Waals surface area contributed by atoms with Crippen LogP contribution >= 0.6 is 11.8 Å². The zero-order valence-electron chi connectivity index (χ0n) is 5.13. The van der Waals surface area contributed by atoms with Crippen LogP contribution in [0.25, 0.3) is 0 Å². The van der Waals surface area contributed by atoms with Gasteiger partial charge in [-0.05, 0) is 12.7 Å². The Morgan fingerprint density at radius 2 is 2.38 bits per heavy atom. The lowest BCUT2D eigenvalue weighted by Crippen LogP contribution is -2.23. The molecule has 2 nitrogen and oxygen atoms in total. The minimum atomic E-state index is 0.176. The molecule has 0 aliphatic rings. The minimum Gasteiger partial charge on any atom is -0.396 e. The van der Waals surface area contributed by atoms with Crippen LogP contribution in [0.15, 0.2) is 0 Å². The van der Waals surface area contributed by atoms with Crippen molar-refractivity contribution >= 4 is 11.8 Å². The lowest BCUT2D eigenvalue weighted by molar-refractivity contribution is 0.279. The minimum absolute atomic E-state index is 0.176. The summed E-state index contributed by atoms with van der Waals surface area (Å²) in [4.78, 5) is 0. The molecule has 0 fully saturated rings. The molecule has 0 aliphatic carbocycles. The summed E-state index contributed by atoms with van der Waals surface area (Å²) < 4.78 is 0. The number of hydrogen-bond acceptors (Lipinski definition) is 3. The topological polar surface area (TPSA) is 46.2 Å². The molecule has 0 spiro atoms. The Bertz CT molecular complexity index is 45.7. The molecule has 0 aromatic rings. The molecule has 0 radical (unpaired) electrons. The van der Waals surface area contributed by atoms with E-state index < -0.39 is 0 Å². The van der Waals surface area contributed by atoms with E-state index in [2.05, 4.69) is 0 Å². The molecule has 0 aromatic carbocycles. The van der Waals surface area contributed by atoms with Crippen molar-refractivity contribution in [1.82, 2.24) is 0 Å². The van der Waals surface area contributed by atoms with Crippen molar-refractivity contribution in [1.29, 1.82) is 0 Å². The molecule has 0 unspecified atom stereocenters. The van der Waals surface area contributed by atoms with Gasteiger partial charge in [0.15, 0.2) is 0 Å². The van der Waals surface area contributed by atoms with E-state index in [-0.39, 0.29) is 12.6 Å². The predicted molar refractivity (Wildman–Crippen MR) is 38.1 cm³/mol. The van der Waals surface area contributed by atoms with E-state index in [9.17, 15) is 0 Å². The van der Waals surface area contributed by atoms with Crippen LogP contribution in [-0.4, -0.2) is 29.8 Å². The second kappa shape index (κ2) is 5.41. The summed E-state index contributed by atoms with van der Waals surface area (Å²) >= 11 is 1.71. The van der Waals surface area contributed by atoms with Crippen molar-refractivity contribution in [2.45, 2.75) is 12.5 Å². The first kappa shape index (κ1) is 8.27. The number of aliphatic hydroxyl groups excluding tert-OH is 1.